The van der Waals surface area contributed by atoms with Crippen LogP contribution in [-0.2, 0) is 26.1 Å². The molecule has 0 unspecified atom stereocenters. The van der Waals surface area contributed by atoms with Crippen LogP contribution < -0.4 is 9.52 Å². The van der Waals surface area contributed by atoms with E-state index >= 15 is 0 Å². The molecule has 1 aromatic heterocycles. The number of nitrogens with one attached hydrogen (secondary N) is 1. The third kappa shape index (κ3) is 5.24. The lowest BCUT2D eigenvalue weighted by Gasteiger charge is -2.11. The Morgan fingerprint density at radius 3 is 2.36 bits per heavy atom. The normalized spacial score (nSPS) is 12.1. The number of anilines is 1. The highest BCUT2D eigenvalue weighted by molar-refractivity contribution is 7.92. The lowest BCUT2D eigenvalue weighted by molar-refractivity contribution is -0.141. The standard InChI is InChI=1S/C26H25N3O5S2/c1-16-9-11-19(12-10-16)36(32,33)28-21-8-6-5-7-20(21)25(31)27-26-29(15-24(30)34-4)22-13-17(2)18(3)14-23(22)35-26/h5-14,28H,15H2,1-4H3. The highest BCUT2D eigenvalue weighted by Gasteiger charge is 2.19. The van der Waals surface area contributed by atoms with Crippen LogP contribution in [-0.4, -0.2) is 32.0 Å². The van der Waals surface area contributed by atoms with E-state index in [1.165, 1.54) is 42.7 Å². The second kappa shape index (κ2) is 10.1. The third-order valence-corrected chi connectivity index (χ3v) is 8.17. The van der Waals surface area contributed by atoms with Gasteiger partial charge in [0, 0.05) is 0 Å². The van der Waals surface area contributed by atoms with E-state index in [2.05, 4.69) is 9.71 Å². The van der Waals surface area contributed by atoms with Gasteiger partial charge >= 0.3 is 5.97 Å². The molecule has 1 N–H and O–H groups in total. The number of amides is 1. The number of thiazole rings is 1. The highest BCUT2D eigenvalue weighted by Crippen LogP contribution is 2.24. The highest BCUT2D eigenvalue weighted by atomic mass is 32.2. The van der Waals surface area contributed by atoms with E-state index in [4.69, 9.17) is 4.74 Å². The number of carbonyl (C=O) groups is 2. The number of aryl methyl sites for hydroxylation is 3. The number of hydrogen-bond acceptors (Lipinski definition) is 6. The van der Waals surface area contributed by atoms with Gasteiger partial charge in [0.25, 0.3) is 15.9 Å². The number of carbonyl (C=O) groups excluding carboxylic acids is 2. The zero-order chi connectivity index (χ0) is 26.0. The first-order valence-corrected chi connectivity index (χ1v) is 13.3. The molecule has 0 aliphatic rings. The predicted octanol–water partition coefficient (Wildman–Crippen LogP) is 4.34. The van der Waals surface area contributed by atoms with Crippen LogP contribution in [0, 0.1) is 20.8 Å². The number of esters is 1. The SMILES string of the molecule is COC(=O)Cn1c(=NC(=O)c2ccccc2NS(=O)(=O)c2ccc(C)cc2)sc2cc(C)c(C)cc21. The zero-order valence-corrected chi connectivity index (χ0v) is 21.9. The maximum atomic E-state index is 13.3. The van der Waals surface area contributed by atoms with E-state index in [1.807, 2.05) is 32.9 Å². The molecule has 4 aromatic rings. The van der Waals surface area contributed by atoms with Gasteiger partial charge in [0.2, 0.25) is 0 Å². The molecule has 0 radical (unpaired) electrons. The number of ether oxygens (including phenoxy) is 1. The molecular weight excluding hydrogens is 498 g/mol. The Morgan fingerprint density at radius 1 is 1.00 bits per heavy atom. The first-order valence-electron chi connectivity index (χ1n) is 11.0. The van der Waals surface area contributed by atoms with Crippen molar-refractivity contribution < 1.29 is 22.7 Å². The van der Waals surface area contributed by atoms with E-state index in [-0.39, 0.29) is 22.7 Å². The van der Waals surface area contributed by atoms with Gasteiger partial charge in [-0.2, -0.15) is 4.99 Å². The zero-order valence-electron chi connectivity index (χ0n) is 20.2. The summed E-state index contributed by atoms with van der Waals surface area (Å²) in [5.74, 6) is -1.12. The van der Waals surface area contributed by atoms with Crippen LogP contribution >= 0.6 is 11.3 Å². The summed E-state index contributed by atoms with van der Waals surface area (Å²) in [5.41, 5.74) is 3.99. The summed E-state index contributed by atoms with van der Waals surface area (Å²) in [7, 11) is -2.63. The summed E-state index contributed by atoms with van der Waals surface area (Å²) in [5, 5.41) is 0. The number of benzene rings is 3. The van der Waals surface area contributed by atoms with Crippen molar-refractivity contribution in [3.05, 3.63) is 87.7 Å². The number of fused-ring (bicyclic) bond motifs is 1. The van der Waals surface area contributed by atoms with Crippen molar-refractivity contribution in [3.8, 4) is 0 Å². The molecule has 0 saturated heterocycles. The molecule has 0 atom stereocenters. The van der Waals surface area contributed by atoms with Crippen LogP contribution in [0.2, 0.25) is 0 Å². The monoisotopic (exact) mass is 523 g/mol. The second-order valence-corrected chi connectivity index (χ2v) is 11.0. The topological polar surface area (TPSA) is 107 Å². The number of aromatic nitrogens is 1. The number of methoxy groups -OCH3 is 1. The lowest BCUT2D eigenvalue weighted by Crippen LogP contribution is -2.23. The Morgan fingerprint density at radius 2 is 1.67 bits per heavy atom. The molecule has 0 aliphatic carbocycles. The molecule has 0 bridgehead atoms. The number of para-hydroxylation sites is 1. The summed E-state index contributed by atoms with van der Waals surface area (Å²) in [6, 6.07) is 16.6. The number of nitrogens with zero attached hydrogens (tertiary/aromatic N) is 2. The molecule has 1 heterocycles. The van der Waals surface area contributed by atoms with E-state index in [0.717, 1.165) is 26.9 Å². The molecule has 3 aromatic carbocycles. The van der Waals surface area contributed by atoms with Gasteiger partial charge in [0.15, 0.2) is 4.80 Å². The molecule has 0 aliphatic heterocycles. The Hall–Kier alpha value is -3.76. The fourth-order valence-electron chi connectivity index (χ4n) is 3.58. The van der Waals surface area contributed by atoms with Gasteiger partial charge in [0.05, 0.1) is 33.5 Å². The van der Waals surface area contributed by atoms with E-state index < -0.39 is 21.9 Å². The van der Waals surface area contributed by atoms with Gasteiger partial charge in [-0.05, 0) is 68.3 Å². The summed E-state index contributed by atoms with van der Waals surface area (Å²) in [6.07, 6.45) is 0. The van der Waals surface area contributed by atoms with Crippen molar-refractivity contribution in [1.29, 1.82) is 0 Å². The van der Waals surface area contributed by atoms with Crippen molar-refractivity contribution in [1.82, 2.24) is 4.57 Å². The van der Waals surface area contributed by atoms with Crippen molar-refractivity contribution in [2.75, 3.05) is 11.8 Å². The minimum Gasteiger partial charge on any atom is -0.468 e. The van der Waals surface area contributed by atoms with E-state index in [1.54, 1.807) is 28.8 Å². The summed E-state index contributed by atoms with van der Waals surface area (Å²) < 4.78 is 35.7. The minimum atomic E-state index is -3.92. The quantitative estimate of drug-likeness (QED) is 0.378. The fourth-order valence-corrected chi connectivity index (χ4v) is 5.77. The Labute approximate surface area is 212 Å². The fraction of sp³-hybridized carbons (Fsp3) is 0.192. The van der Waals surface area contributed by atoms with Crippen LogP contribution in [0.3, 0.4) is 0 Å². The Kier molecular flexibility index (Phi) is 7.09. The van der Waals surface area contributed by atoms with E-state index in [9.17, 15) is 18.0 Å². The number of sulfonamides is 1. The molecule has 1 amide bonds. The van der Waals surface area contributed by atoms with Crippen LogP contribution in [0.15, 0.2) is 70.6 Å². The number of hydrogen-bond donors (Lipinski definition) is 1. The Balaban J connectivity index is 1.78. The predicted molar refractivity (Wildman–Crippen MR) is 140 cm³/mol. The minimum absolute atomic E-state index is 0.0819. The van der Waals surface area contributed by atoms with Crippen LogP contribution in [0.4, 0.5) is 5.69 Å². The molecule has 0 spiro atoms. The van der Waals surface area contributed by atoms with Crippen LogP contribution in [0.5, 0.6) is 0 Å². The average Bonchev–Trinajstić information content (AvgIpc) is 3.14. The third-order valence-electron chi connectivity index (χ3n) is 5.74. The maximum Gasteiger partial charge on any atom is 0.325 e. The van der Waals surface area contributed by atoms with Gasteiger partial charge in [-0.3, -0.25) is 14.3 Å². The van der Waals surface area contributed by atoms with Gasteiger partial charge in [-0.15, -0.1) is 0 Å². The molecule has 186 valence electrons. The molecule has 0 fully saturated rings. The van der Waals surface area contributed by atoms with E-state index in [0.29, 0.717) is 4.80 Å². The molecule has 8 nitrogen and oxygen atoms in total. The second-order valence-electron chi connectivity index (χ2n) is 8.33. The molecule has 4 rings (SSSR count). The smallest absolute Gasteiger partial charge is 0.325 e. The van der Waals surface area contributed by atoms with Crippen molar-refractivity contribution >= 4 is 49.1 Å². The first kappa shape index (κ1) is 25.3. The average molecular weight is 524 g/mol. The maximum absolute atomic E-state index is 13.3. The summed E-state index contributed by atoms with van der Waals surface area (Å²) in [6.45, 7) is 5.69. The lowest BCUT2D eigenvalue weighted by atomic mass is 10.1. The molecule has 36 heavy (non-hydrogen) atoms. The van der Waals surface area contributed by atoms with Gasteiger partial charge in [-0.1, -0.05) is 41.2 Å². The van der Waals surface area contributed by atoms with Gasteiger partial charge in [0.1, 0.15) is 6.54 Å². The van der Waals surface area contributed by atoms with Crippen molar-refractivity contribution in [3.63, 3.8) is 0 Å². The largest absolute Gasteiger partial charge is 0.468 e. The van der Waals surface area contributed by atoms with Crippen molar-refractivity contribution in [2.24, 2.45) is 4.99 Å². The summed E-state index contributed by atoms with van der Waals surface area (Å²) in [4.78, 5) is 30.1. The Bertz CT molecular complexity index is 1650. The van der Waals surface area contributed by atoms with Gasteiger partial charge in [-0.25, -0.2) is 8.42 Å². The van der Waals surface area contributed by atoms with Crippen molar-refractivity contribution in [2.45, 2.75) is 32.2 Å². The number of rotatable bonds is 6. The first-order chi connectivity index (χ1) is 17.1. The van der Waals surface area contributed by atoms with Gasteiger partial charge < -0.3 is 9.30 Å². The molecular formula is C26H25N3O5S2. The van der Waals surface area contributed by atoms with Crippen LogP contribution in [0.25, 0.3) is 10.2 Å². The molecule has 10 heteroatoms. The molecule has 0 saturated carbocycles. The summed E-state index contributed by atoms with van der Waals surface area (Å²) >= 11 is 1.27. The van der Waals surface area contributed by atoms with Crippen LogP contribution in [0.1, 0.15) is 27.0 Å².